The second-order valence-electron chi connectivity index (χ2n) is 8.87. The number of aliphatic carboxylic acids is 1. The Hall–Kier alpha value is -3.00. The van der Waals surface area contributed by atoms with E-state index in [0.29, 0.717) is 5.25 Å². The summed E-state index contributed by atoms with van der Waals surface area (Å²) in [7, 11) is 0. The number of ether oxygens (including phenoxy) is 1. The molecule has 0 spiro atoms. The van der Waals surface area contributed by atoms with E-state index in [2.05, 4.69) is 29.7 Å². The van der Waals surface area contributed by atoms with E-state index in [1.807, 2.05) is 48.2 Å². The SMILES string of the molecule is CC1CC(NC(=O)C(CCC(=O)O)NC(=O)OCC2c3ccccc3-c3ccccc32)CCS1. The molecule has 3 N–H and O–H groups in total. The predicted octanol–water partition coefficient (Wildman–Crippen LogP) is 4.16. The van der Waals surface area contributed by atoms with Crippen molar-refractivity contribution in [3.05, 3.63) is 59.7 Å². The van der Waals surface area contributed by atoms with Crippen LogP contribution in [0.1, 0.15) is 49.7 Å². The standard InChI is InChI=1S/C26H30N2O5S/c1-16-14-17(12-13-34-16)27-25(31)23(10-11-24(29)30)28-26(32)33-15-22-20-8-4-2-6-18(20)19-7-3-5-9-21(19)22/h2-9,16-17,22-23H,10-15H2,1H3,(H,27,31)(H,28,32)(H,29,30). The van der Waals surface area contributed by atoms with Crippen LogP contribution in [0.4, 0.5) is 4.79 Å². The van der Waals surface area contributed by atoms with Crippen molar-refractivity contribution in [3.63, 3.8) is 0 Å². The highest BCUT2D eigenvalue weighted by Crippen LogP contribution is 2.44. The number of benzene rings is 2. The minimum Gasteiger partial charge on any atom is -0.481 e. The Morgan fingerprint density at radius 2 is 1.74 bits per heavy atom. The van der Waals surface area contributed by atoms with Crippen LogP contribution >= 0.6 is 11.8 Å². The summed E-state index contributed by atoms with van der Waals surface area (Å²) in [6.45, 7) is 2.25. The van der Waals surface area contributed by atoms with Gasteiger partial charge in [0.25, 0.3) is 0 Å². The molecule has 0 bridgehead atoms. The molecule has 1 saturated heterocycles. The lowest BCUT2D eigenvalue weighted by Crippen LogP contribution is -2.51. The lowest BCUT2D eigenvalue weighted by atomic mass is 9.98. The summed E-state index contributed by atoms with van der Waals surface area (Å²) in [4.78, 5) is 36.6. The molecule has 0 saturated carbocycles. The molecule has 8 heteroatoms. The fraction of sp³-hybridized carbons (Fsp3) is 0.423. The van der Waals surface area contributed by atoms with Crippen molar-refractivity contribution in [2.24, 2.45) is 0 Å². The van der Waals surface area contributed by atoms with Gasteiger partial charge in [-0.1, -0.05) is 55.5 Å². The maximum atomic E-state index is 12.9. The Kier molecular flexibility index (Phi) is 7.77. The normalized spacial score (nSPS) is 20.0. The van der Waals surface area contributed by atoms with Crippen LogP contribution < -0.4 is 10.6 Å². The van der Waals surface area contributed by atoms with Gasteiger partial charge < -0.3 is 20.5 Å². The predicted molar refractivity (Wildman–Crippen MR) is 132 cm³/mol. The quantitative estimate of drug-likeness (QED) is 0.522. The molecule has 7 nitrogen and oxygen atoms in total. The van der Waals surface area contributed by atoms with E-state index < -0.39 is 18.1 Å². The molecule has 3 unspecified atom stereocenters. The lowest BCUT2D eigenvalue weighted by molar-refractivity contribution is -0.137. The summed E-state index contributed by atoms with van der Waals surface area (Å²) in [6, 6.07) is 15.2. The van der Waals surface area contributed by atoms with Gasteiger partial charge in [-0.15, -0.1) is 0 Å². The zero-order chi connectivity index (χ0) is 24.1. The highest BCUT2D eigenvalue weighted by atomic mass is 32.2. The Balaban J connectivity index is 1.39. The summed E-state index contributed by atoms with van der Waals surface area (Å²) >= 11 is 1.87. The second kappa shape index (κ2) is 11.0. The zero-order valence-corrected chi connectivity index (χ0v) is 20.0. The molecule has 0 aromatic heterocycles. The minimum absolute atomic E-state index is 0.00237. The van der Waals surface area contributed by atoms with E-state index in [4.69, 9.17) is 9.84 Å². The summed E-state index contributed by atoms with van der Waals surface area (Å²) in [6.07, 6.45) is 0.769. The van der Waals surface area contributed by atoms with Crippen molar-refractivity contribution in [1.29, 1.82) is 0 Å². The molecule has 3 atom stereocenters. The first kappa shape index (κ1) is 24.1. The van der Waals surface area contributed by atoms with Crippen molar-refractivity contribution in [1.82, 2.24) is 10.6 Å². The third-order valence-electron chi connectivity index (χ3n) is 6.43. The average Bonchev–Trinajstić information content (AvgIpc) is 3.14. The van der Waals surface area contributed by atoms with E-state index >= 15 is 0 Å². The number of hydrogen-bond donors (Lipinski definition) is 3. The highest BCUT2D eigenvalue weighted by Gasteiger charge is 2.30. The van der Waals surface area contributed by atoms with Crippen molar-refractivity contribution in [3.8, 4) is 11.1 Å². The number of fused-ring (bicyclic) bond motifs is 3. The lowest BCUT2D eigenvalue weighted by Gasteiger charge is -2.29. The van der Waals surface area contributed by atoms with Gasteiger partial charge in [0.05, 0.1) is 0 Å². The highest BCUT2D eigenvalue weighted by molar-refractivity contribution is 7.99. The van der Waals surface area contributed by atoms with Crippen LogP contribution in [0, 0.1) is 0 Å². The van der Waals surface area contributed by atoms with Crippen LogP contribution in [0.25, 0.3) is 11.1 Å². The van der Waals surface area contributed by atoms with Gasteiger partial charge in [-0.25, -0.2) is 4.79 Å². The summed E-state index contributed by atoms with van der Waals surface area (Å²) in [5.74, 6) is -0.509. The Labute approximate surface area is 203 Å². The van der Waals surface area contributed by atoms with Gasteiger partial charge in [0.15, 0.2) is 0 Å². The number of nitrogens with one attached hydrogen (secondary N) is 2. The van der Waals surface area contributed by atoms with Gasteiger partial charge >= 0.3 is 12.1 Å². The minimum atomic E-state index is -1.02. The number of carbonyl (C=O) groups excluding carboxylic acids is 2. The molecule has 4 rings (SSSR count). The van der Waals surface area contributed by atoms with Crippen LogP contribution in [0.2, 0.25) is 0 Å². The van der Waals surface area contributed by atoms with E-state index in [0.717, 1.165) is 40.8 Å². The number of carbonyl (C=O) groups is 3. The molecule has 34 heavy (non-hydrogen) atoms. The number of carboxylic acid groups (broad SMARTS) is 1. The molecule has 180 valence electrons. The Bertz CT molecular complexity index is 1010. The number of thioether (sulfide) groups is 1. The molecule has 2 aromatic rings. The number of carboxylic acids is 1. The van der Waals surface area contributed by atoms with Gasteiger partial charge in [0.2, 0.25) is 5.91 Å². The summed E-state index contributed by atoms with van der Waals surface area (Å²) in [5.41, 5.74) is 4.46. The van der Waals surface area contributed by atoms with E-state index in [1.165, 1.54) is 0 Å². The largest absolute Gasteiger partial charge is 0.481 e. The summed E-state index contributed by atoms with van der Waals surface area (Å²) in [5, 5.41) is 15.1. The topological polar surface area (TPSA) is 105 Å². The van der Waals surface area contributed by atoms with Crippen molar-refractivity contribution in [2.45, 2.75) is 55.9 Å². The molecule has 2 aliphatic rings. The molecule has 1 heterocycles. The molecule has 1 aliphatic carbocycles. The average molecular weight is 483 g/mol. The van der Waals surface area contributed by atoms with Gasteiger partial charge in [-0.05, 0) is 47.3 Å². The van der Waals surface area contributed by atoms with E-state index in [9.17, 15) is 14.4 Å². The van der Waals surface area contributed by atoms with Gasteiger partial charge in [0.1, 0.15) is 12.6 Å². The summed E-state index contributed by atoms with van der Waals surface area (Å²) < 4.78 is 5.55. The maximum absolute atomic E-state index is 12.9. The number of alkyl carbamates (subject to hydrolysis) is 1. The fourth-order valence-corrected chi connectivity index (χ4v) is 5.94. The first-order valence-corrected chi connectivity index (χ1v) is 12.7. The van der Waals surface area contributed by atoms with Crippen molar-refractivity contribution >= 4 is 29.7 Å². The second-order valence-corrected chi connectivity index (χ2v) is 10.4. The first-order valence-electron chi connectivity index (χ1n) is 11.7. The smallest absolute Gasteiger partial charge is 0.407 e. The van der Waals surface area contributed by atoms with Crippen LogP contribution in [0.3, 0.4) is 0 Å². The van der Waals surface area contributed by atoms with Crippen molar-refractivity contribution < 1.29 is 24.2 Å². The molecule has 2 amide bonds. The molecule has 1 aliphatic heterocycles. The zero-order valence-electron chi connectivity index (χ0n) is 19.2. The monoisotopic (exact) mass is 482 g/mol. The molecular formula is C26H30N2O5S. The molecule has 1 fully saturated rings. The third-order valence-corrected chi connectivity index (χ3v) is 7.66. The number of hydrogen-bond acceptors (Lipinski definition) is 5. The van der Waals surface area contributed by atoms with Crippen LogP contribution in [0.5, 0.6) is 0 Å². The van der Waals surface area contributed by atoms with Gasteiger partial charge in [0, 0.05) is 23.6 Å². The van der Waals surface area contributed by atoms with Gasteiger partial charge in [-0.2, -0.15) is 11.8 Å². The number of rotatable bonds is 8. The Morgan fingerprint density at radius 3 is 2.35 bits per heavy atom. The Morgan fingerprint density at radius 1 is 1.09 bits per heavy atom. The molecular weight excluding hydrogens is 452 g/mol. The van der Waals surface area contributed by atoms with E-state index in [1.54, 1.807) is 0 Å². The van der Waals surface area contributed by atoms with Crippen LogP contribution in [-0.4, -0.2) is 52.8 Å². The third kappa shape index (κ3) is 5.73. The fourth-order valence-electron chi connectivity index (χ4n) is 4.75. The molecule has 2 aromatic carbocycles. The number of amides is 2. The van der Waals surface area contributed by atoms with E-state index in [-0.39, 0.29) is 37.3 Å². The van der Waals surface area contributed by atoms with Gasteiger partial charge in [-0.3, -0.25) is 9.59 Å². The maximum Gasteiger partial charge on any atom is 0.407 e. The first-order chi connectivity index (χ1) is 16.4. The molecule has 0 radical (unpaired) electrons. The van der Waals surface area contributed by atoms with Crippen LogP contribution in [0.15, 0.2) is 48.5 Å². The van der Waals surface area contributed by atoms with Crippen LogP contribution in [-0.2, 0) is 14.3 Å². The van der Waals surface area contributed by atoms with Crippen molar-refractivity contribution in [2.75, 3.05) is 12.4 Å².